The molecule has 7 N–H and O–H groups in total. The topological polar surface area (TPSA) is 242 Å². The van der Waals surface area contributed by atoms with Crippen LogP contribution in [0.25, 0.3) is 0 Å². The fourth-order valence-electron chi connectivity index (χ4n) is 2.68. The SMILES string of the molecule is Cc1ccc(NS(=O)(=O)c2ccccc2S(C)(=O)=O)c(=O)n1CC(=O)NCCON=C(N)N.O=C(O)C(F)(F)F. The van der Waals surface area contributed by atoms with E-state index in [2.05, 4.69) is 15.2 Å². The van der Waals surface area contributed by atoms with Gasteiger partial charge in [-0.15, -0.1) is 0 Å². The molecular weight excluding hydrogens is 589 g/mol. The number of hydrogen-bond acceptors (Lipinski definition) is 9. The Morgan fingerprint density at radius 2 is 1.62 bits per heavy atom. The number of carboxylic acid groups (broad SMARTS) is 1. The van der Waals surface area contributed by atoms with Gasteiger partial charge in [-0.1, -0.05) is 12.1 Å². The van der Waals surface area contributed by atoms with E-state index in [0.717, 1.165) is 23.0 Å². The molecule has 0 saturated carbocycles. The fourth-order valence-corrected chi connectivity index (χ4v) is 5.37. The molecule has 0 bridgehead atoms. The van der Waals surface area contributed by atoms with Crippen molar-refractivity contribution in [3.8, 4) is 0 Å². The van der Waals surface area contributed by atoms with Crippen LogP contribution in [0.5, 0.6) is 0 Å². The van der Waals surface area contributed by atoms with Crippen molar-refractivity contribution < 1.29 is 49.5 Å². The number of nitrogens with zero attached hydrogens (tertiary/aromatic N) is 2. The van der Waals surface area contributed by atoms with Gasteiger partial charge in [0, 0.05) is 11.9 Å². The first-order valence-corrected chi connectivity index (χ1v) is 13.9. The van der Waals surface area contributed by atoms with Crippen molar-refractivity contribution >= 4 is 43.4 Å². The maximum absolute atomic E-state index is 12.8. The second-order valence-electron chi connectivity index (χ2n) is 7.61. The lowest BCUT2D eigenvalue weighted by Gasteiger charge is -2.14. The van der Waals surface area contributed by atoms with Gasteiger partial charge < -0.3 is 31.3 Å². The maximum atomic E-state index is 12.8. The highest BCUT2D eigenvalue weighted by molar-refractivity contribution is 7.95. The predicted molar refractivity (Wildman–Crippen MR) is 134 cm³/mol. The van der Waals surface area contributed by atoms with Crippen LogP contribution in [-0.2, 0) is 40.8 Å². The van der Waals surface area contributed by atoms with E-state index in [9.17, 15) is 39.6 Å². The smallest absolute Gasteiger partial charge is 0.475 e. The number of aliphatic carboxylic acids is 1. The van der Waals surface area contributed by atoms with E-state index in [1.165, 1.54) is 24.3 Å². The molecular formula is C20H25F3N6O9S2. The Kier molecular flexibility index (Phi) is 11.5. The van der Waals surface area contributed by atoms with Gasteiger partial charge in [-0.2, -0.15) is 13.2 Å². The number of nitrogens with two attached hydrogens (primary N) is 2. The van der Waals surface area contributed by atoms with Gasteiger partial charge in [0.25, 0.3) is 15.6 Å². The number of benzene rings is 1. The van der Waals surface area contributed by atoms with Crippen molar-refractivity contribution in [1.29, 1.82) is 0 Å². The Morgan fingerprint density at radius 3 is 2.12 bits per heavy atom. The monoisotopic (exact) mass is 614 g/mol. The van der Waals surface area contributed by atoms with Crippen LogP contribution < -0.4 is 27.1 Å². The number of carboxylic acids is 1. The van der Waals surface area contributed by atoms with Crippen molar-refractivity contribution in [3.05, 3.63) is 52.4 Å². The van der Waals surface area contributed by atoms with Crippen LogP contribution in [0, 0.1) is 6.92 Å². The quantitative estimate of drug-likeness (QED) is 0.0971. The standard InChI is InChI=1S/C18H24N6O7S2.C2HF3O2/c1-12-7-8-13(17(26)24(12)11-16(25)21-9-10-31-22-18(19)20)23-33(29,30)15-6-4-3-5-14(15)32(2,27)28;3-2(4,5)1(6)7/h3-8,23H,9-11H2,1-2H3,(H,21,25)(H4,19,20,22);(H,6,7). The summed E-state index contributed by atoms with van der Waals surface area (Å²) in [5, 5.41) is 12.9. The first kappa shape index (κ1) is 33.7. The summed E-state index contributed by atoms with van der Waals surface area (Å²) in [5.74, 6) is -3.58. The molecule has 0 spiro atoms. The van der Waals surface area contributed by atoms with E-state index in [4.69, 9.17) is 26.2 Å². The van der Waals surface area contributed by atoms with Crippen LogP contribution in [0.15, 0.2) is 56.1 Å². The Bertz CT molecular complexity index is 1540. The van der Waals surface area contributed by atoms with Crippen LogP contribution in [-0.4, -0.2) is 69.9 Å². The van der Waals surface area contributed by atoms with Crippen LogP contribution in [0.2, 0.25) is 0 Å². The Labute approximate surface area is 225 Å². The fraction of sp³-hybridized carbons (Fsp3) is 0.300. The molecule has 222 valence electrons. The summed E-state index contributed by atoms with van der Waals surface area (Å²) in [6.07, 6.45) is -4.21. The first-order valence-electron chi connectivity index (χ1n) is 10.6. The summed E-state index contributed by atoms with van der Waals surface area (Å²) in [4.78, 5) is 37.7. The largest absolute Gasteiger partial charge is 0.490 e. The molecule has 1 aromatic heterocycles. The number of nitrogens with one attached hydrogen (secondary N) is 2. The van der Waals surface area contributed by atoms with Gasteiger partial charge >= 0.3 is 12.1 Å². The van der Waals surface area contributed by atoms with E-state index >= 15 is 0 Å². The molecule has 2 rings (SSSR count). The van der Waals surface area contributed by atoms with E-state index in [-0.39, 0.29) is 24.8 Å². The summed E-state index contributed by atoms with van der Waals surface area (Å²) in [5.41, 5.74) is 9.44. The molecule has 0 fully saturated rings. The Hall–Kier alpha value is -4.33. The lowest BCUT2D eigenvalue weighted by atomic mass is 10.3. The van der Waals surface area contributed by atoms with Gasteiger partial charge in [0.1, 0.15) is 23.7 Å². The minimum atomic E-state index is -5.08. The number of guanidine groups is 1. The number of oxime groups is 1. The number of halogens is 3. The van der Waals surface area contributed by atoms with Crippen molar-refractivity contribution in [3.63, 3.8) is 0 Å². The number of pyridine rings is 1. The molecule has 0 radical (unpaired) electrons. The lowest BCUT2D eigenvalue weighted by Crippen LogP contribution is -2.36. The van der Waals surface area contributed by atoms with Crippen molar-refractivity contribution in [1.82, 2.24) is 9.88 Å². The molecule has 2 aromatic rings. The van der Waals surface area contributed by atoms with Crippen molar-refractivity contribution in [2.45, 2.75) is 29.4 Å². The minimum absolute atomic E-state index is 0.0168. The lowest BCUT2D eigenvalue weighted by molar-refractivity contribution is -0.192. The summed E-state index contributed by atoms with van der Waals surface area (Å²) in [7, 11) is -8.28. The number of carbonyl (C=O) groups is 2. The highest BCUT2D eigenvalue weighted by Gasteiger charge is 2.38. The van der Waals surface area contributed by atoms with Gasteiger partial charge in [0.2, 0.25) is 11.9 Å². The van der Waals surface area contributed by atoms with Crippen LogP contribution in [0.4, 0.5) is 18.9 Å². The maximum Gasteiger partial charge on any atom is 0.490 e. The molecule has 20 heteroatoms. The number of carbonyl (C=O) groups excluding carboxylic acids is 1. The molecule has 15 nitrogen and oxygen atoms in total. The number of aryl methyl sites for hydroxylation is 1. The van der Waals surface area contributed by atoms with Gasteiger partial charge in [-0.05, 0) is 36.3 Å². The normalized spacial score (nSPS) is 11.4. The molecule has 1 heterocycles. The number of sulfone groups is 1. The Morgan fingerprint density at radius 1 is 1.07 bits per heavy atom. The molecule has 1 amide bonds. The predicted octanol–water partition coefficient (Wildman–Crippen LogP) is -0.684. The zero-order chi connectivity index (χ0) is 30.9. The third kappa shape index (κ3) is 10.4. The third-order valence-corrected chi connectivity index (χ3v) is 7.11. The van der Waals surface area contributed by atoms with E-state index in [0.29, 0.717) is 5.69 Å². The average Bonchev–Trinajstić information content (AvgIpc) is 2.82. The average molecular weight is 615 g/mol. The number of alkyl halides is 3. The highest BCUT2D eigenvalue weighted by Crippen LogP contribution is 2.22. The first-order chi connectivity index (χ1) is 18.3. The Balaban J connectivity index is 0.00000101. The van der Waals surface area contributed by atoms with Crippen molar-refractivity contribution in [2.75, 3.05) is 24.1 Å². The highest BCUT2D eigenvalue weighted by atomic mass is 32.2. The molecule has 0 aliphatic carbocycles. The molecule has 0 saturated heterocycles. The van der Waals surface area contributed by atoms with Crippen LogP contribution in [0.1, 0.15) is 5.69 Å². The van der Waals surface area contributed by atoms with Crippen LogP contribution in [0.3, 0.4) is 0 Å². The zero-order valence-corrected chi connectivity index (χ0v) is 22.4. The summed E-state index contributed by atoms with van der Waals surface area (Å²) in [6.45, 7) is 1.20. The number of aromatic nitrogens is 1. The zero-order valence-electron chi connectivity index (χ0n) is 20.8. The molecule has 0 aliphatic rings. The van der Waals surface area contributed by atoms with Gasteiger partial charge in [0.05, 0.1) is 11.4 Å². The number of amides is 1. The summed E-state index contributed by atoms with van der Waals surface area (Å²) >= 11 is 0. The van der Waals surface area contributed by atoms with Gasteiger partial charge in [-0.25, -0.2) is 21.6 Å². The second kappa shape index (κ2) is 13.6. The van der Waals surface area contributed by atoms with E-state index < -0.39 is 59.8 Å². The summed E-state index contributed by atoms with van der Waals surface area (Å²) < 4.78 is 84.5. The molecule has 0 aliphatic heterocycles. The molecule has 40 heavy (non-hydrogen) atoms. The second-order valence-corrected chi connectivity index (χ2v) is 11.2. The molecule has 0 unspecified atom stereocenters. The van der Waals surface area contributed by atoms with Gasteiger partial charge in [-0.3, -0.25) is 14.3 Å². The number of hydrogen-bond donors (Lipinski definition) is 5. The molecule has 1 aromatic carbocycles. The third-order valence-electron chi connectivity index (χ3n) is 4.40. The van der Waals surface area contributed by atoms with Gasteiger partial charge in [0.15, 0.2) is 9.84 Å². The van der Waals surface area contributed by atoms with E-state index in [1.54, 1.807) is 6.92 Å². The number of rotatable bonds is 10. The number of sulfonamides is 1. The summed E-state index contributed by atoms with van der Waals surface area (Å²) in [6, 6.07) is 7.68. The van der Waals surface area contributed by atoms with Crippen LogP contribution >= 0.6 is 0 Å². The van der Waals surface area contributed by atoms with Crippen molar-refractivity contribution in [2.24, 2.45) is 16.6 Å². The minimum Gasteiger partial charge on any atom is -0.475 e. The van der Waals surface area contributed by atoms with E-state index in [1.807, 2.05) is 0 Å². The molecule has 0 atom stereocenters. The number of anilines is 1.